The fourth-order valence-electron chi connectivity index (χ4n) is 4.15. The summed E-state index contributed by atoms with van der Waals surface area (Å²) in [6.45, 7) is 3.90. The number of aromatic nitrogens is 1. The van der Waals surface area contributed by atoms with Gasteiger partial charge >= 0.3 is 0 Å². The zero-order valence-corrected chi connectivity index (χ0v) is 22.6. The zero-order chi connectivity index (χ0) is 28.1. The molecule has 2 aromatic heterocycles. The summed E-state index contributed by atoms with van der Waals surface area (Å²) in [5, 5.41) is 2.93. The number of nitrogens with zero attached hydrogens (tertiary/aromatic N) is 2. The van der Waals surface area contributed by atoms with Gasteiger partial charge in [0.2, 0.25) is 0 Å². The molecule has 202 valence electrons. The van der Waals surface area contributed by atoms with Crippen molar-refractivity contribution in [3.63, 3.8) is 0 Å². The Morgan fingerprint density at radius 3 is 2.41 bits per heavy atom. The van der Waals surface area contributed by atoms with E-state index in [1.807, 2.05) is 31.2 Å². The Morgan fingerprint density at radius 2 is 1.82 bits per heavy atom. The minimum atomic E-state index is -1.20. The quantitative estimate of drug-likeness (QED) is 0.271. The van der Waals surface area contributed by atoms with Gasteiger partial charge in [-0.1, -0.05) is 37.3 Å². The smallest absolute Gasteiger partial charge is 0.273 e. The molecule has 0 aliphatic heterocycles. The number of carbonyl (C=O) groups excluding carboxylic acids is 3. The van der Waals surface area contributed by atoms with E-state index in [1.54, 1.807) is 50.4 Å². The minimum absolute atomic E-state index is 0.00839. The zero-order valence-electron chi connectivity index (χ0n) is 21.8. The van der Waals surface area contributed by atoms with Gasteiger partial charge in [0.15, 0.2) is 11.7 Å². The molecule has 1 atom stereocenters. The second-order valence-electron chi connectivity index (χ2n) is 8.71. The van der Waals surface area contributed by atoms with E-state index >= 15 is 0 Å². The average Bonchev–Trinajstić information content (AvgIpc) is 3.55. The lowest BCUT2D eigenvalue weighted by Crippen LogP contribution is -2.44. The molecule has 0 saturated heterocycles. The molecular weight excluding hydrogens is 518 g/mol. The summed E-state index contributed by atoms with van der Waals surface area (Å²) < 4.78 is 15.1. The second kappa shape index (κ2) is 11.8. The number of nitrogens with one attached hydrogen (secondary N) is 1. The summed E-state index contributed by atoms with van der Waals surface area (Å²) in [7, 11) is 1.58. The molecule has 0 aliphatic carbocycles. The van der Waals surface area contributed by atoms with Crippen LogP contribution in [0, 0.1) is 6.92 Å². The minimum Gasteiger partial charge on any atom is -0.497 e. The number of hydrogen-bond acceptors (Lipinski definition) is 8. The van der Waals surface area contributed by atoms with Gasteiger partial charge in [0, 0.05) is 12.2 Å². The van der Waals surface area contributed by atoms with Crippen molar-refractivity contribution >= 4 is 40.6 Å². The van der Waals surface area contributed by atoms with Gasteiger partial charge < -0.3 is 25.9 Å². The molecule has 4 rings (SSSR count). The maximum absolute atomic E-state index is 14.2. The van der Waals surface area contributed by atoms with Crippen molar-refractivity contribution < 1.29 is 23.5 Å². The lowest BCUT2D eigenvalue weighted by molar-refractivity contribution is -0.123. The number of hydrogen-bond donors (Lipinski definition) is 3. The number of furan rings is 1. The van der Waals surface area contributed by atoms with E-state index in [4.69, 9.17) is 20.6 Å². The number of amides is 3. The molecule has 3 amide bonds. The van der Waals surface area contributed by atoms with Crippen LogP contribution in [0.25, 0.3) is 0 Å². The van der Waals surface area contributed by atoms with Crippen LogP contribution >= 0.6 is 11.5 Å². The fraction of sp³-hybridized carbons (Fsp3) is 0.214. The monoisotopic (exact) mass is 547 g/mol. The van der Waals surface area contributed by atoms with Crippen LogP contribution in [0.2, 0.25) is 0 Å². The van der Waals surface area contributed by atoms with Crippen molar-refractivity contribution in [2.75, 3.05) is 17.7 Å². The Bertz CT molecular complexity index is 1490. The Hall–Kier alpha value is -4.64. The number of primary amides is 1. The molecule has 0 unspecified atom stereocenters. The lowest BCUT2D eigenvalue weighted by Gasteiger charge is -2.31. The van der Waals surface area contributed by atoms with Crippen molar-refractivity contribution in [1.29, 1.82) is 0 Å². The second-order valence-corrected chi connectivity index (χ2v) is 9.49. The first-order chi connectivity index (χ1) is 18.7. The van der Waals surface area contributed by atoms with Crippen LogP contribution in [0.15, 0.2) is 65.1 Å². The van der Waals surface area contributed by atoms with Gasteiger partial charge in [0.1, 0.15) is 22.1 Å². The predicted octanol–water partition coefficient (Wildman–Crippen LogP) is 4.00. The van der Waals surface area contributed by atoms with Crippen LogP contribution in [-0.4, -0.2) is 29.2 Å². The van der Waals surface area contributed by atoms with E-state index in [9.17, 15) is 14.4 Å². The van der Waals surface area contributed by atoms with Gasteiger partial charge in [-0.3, -0.25) is 19.3 Å². The van der Waals surface area contributed by atoms with Crippen molar-refractivity contribution in [3.05, 3.63) is 93.9 Å². The van der Waals surface area contributed by atoms with Crippen molar-refractivity contribution in [3.8, 4) is 5.75 Å². The van der Waals surface area contributed by atoms with E-state index in [0.29, 0.717) is 23.6 Å². The third-order valence-electron chi connectivity index (χ3n) is 6.17. The number of nitrogens with two attached hydrogens (primary N) is 2. The van der Waals surface area contributed by atoms with Gasteiger partial charge in [0.05, 0.1) is 12.8 Å². The highest BCUT2D eigenvalue weighted by Crippen LogP contribution is 2.35. The predicted molar refractivity (Wildman–Crippen MR) is 149 cm³/mol. The van der Waals surface area contributed by atoms with Crippen molar-refractivity contribution in [1.82, 2.24) is 9.69 Å². The van der Waals surface area contributed by atoms with Crippen LogP contribution < -0.4 is 26.4 Å². The van der Waals surface area contributed by atoms with Crippen LogP contribution in [-0.2, 0) is 17.8 Å². The van der Waals surface area contributed by atoms with E-state index in [1.165, 1.54) is 4.90 Å². The number of rotatable bonds is 10. The summed E-state index contributed by atoms with van der Waals surface area (Å²) in [5.41, 5.74) is 13.3. The Kier molecular flexibility index (Phi) is 8.30. The summed E-state index contributed by atoms with van der Waals surface area (Å²) in [6, 6.07) is 16.7. The number of carbonyl (C=O) groups is 3. The molecule has 39 heavy (non-hydrogen) atoms. The van der Waals surface area contributed by atoms with Crippen LogP contribution in [0.4, 0.5) is 11.4 Å². The Morgan fingerprint density at radius 1 is 1.10 bits per heavy atom. The average molecular weight is 548 g/mol. The summed E-state index contributed by atoms with van der Waals surface area (Å²) >= 11 is 0.751. The van der Waals surface area contributed by atoms with E-state index in [2.05, 4.69) is 9.69 Å². The molecule has 0 aliphatic rings. The molecule has 0 fully saturated rings. The molecule has 0 radical (unpaired) electrons. The number of anilines is 2. The molecule has 2 heterocycles. The molecule has 11 heteroatoms. The first kappa shape index (κ1) is 27.4. The summed E-state index contributed by atoms with van der Waals surface area (Å²) in [4.78, 5) is 41.2. The molecule has 0 saturated carbocycles. The standard InChI is InChI=1S/C28H29N5O5S/c1-4-18-7-5-6-8-20(18)33(28(36)25-22(29)23(26(30)34)32-39-25)24(21-14-9-16(2)38-21)27(35)31-15-17-10-12-19(37-3)13-11-17/h5-14,24H,4,15,29H2,1-3H3,(H2,30,34)(H,31,35)/t24-/m0/s1. The van der Waals surface area contributed by atoms with E-state index < -0.39 is 23.8 Å². The summed E-state index contributed by atoms with van der Waals surface area (Å²) in [5.74, 6) is -0.410. The normalized spacial score (nSPS) is 11.6. The van der Waals surface area contributed by atoms with Gasteiger partial charge in [-0.05, 0) is 66.3 Å². The lowest BCUT2D eigenvalue weighted by atomic mass is 10.0. The highest BCUT2D eigenvalue weighted by atomic mass is 32.1. The molecular formula is C28H29N5O5S. The van der Waals surface area contributed by atoms with Gasteiger partial charge in [0.25, 0.3) is 17.7 Å². The molecule has 4 aromatic rings. The molecule has 0 spiro atoms. The highest BCUT2D eigenvalue weighted by Gasteiger charge is 2.38. The molecule has 0 bridgehead atoms. The number of benzene rings is 2. The topological polar surface area (TPSA) is 154 Å². The number of para-hydroxylation sites is 1. The molecule has 2 aromatic carbocycles. The third kappa shape index (κ3) is 5.78. The number of nitrogen functional groups attached to an aromatic ring is 1. The highest BCUT2D eigenvalue weighted by molar-refractivity contribution is 7.09. The van der Waals surface area contributed by atoms with Crippen LogP contribution in [0.3, 0.4) is 0 Å². The first-order valence-corrected chi connectivity index (χ1v) is 13.0. The summed E-state index contributed by atoms with van der Waals surface area (Å²) in [6.07, 6.45) is 0.585. The van der Waals surface area contributed by atoms with E-state index in [-0.39, 0.29) is 28.6 Å². The Balaban J connectivity index is 1.80. The molecule has 10 nitrogen and oxygen atoms in total. The third-order valence-corrected chi connectivity index (χ3v) is 7.02. The maximum Gasteiger partial charge on any atom is 0.273 e. The van der Waals surface area contributed by atoms with Crippen LogP contribution in [0.5, 0.6) is 5.75 Å². The van der Waals surface area contributed by atoms with Crippen molar-refractivity contribution in [2.24, 2.45) is 5.73 Å². The fourth-order valence-corrected chi connectivity index (χ4v) is 4.89. The number of aryl methyl sites for hydroxylation is 2. The van der Waals surface area contributed by atoms with Gasteiger partial charge in [-0.2, -0.15) is 4.37 Å². The van der Waals surface area contributed by atoms with Gasteiger partial charge in [-0.15, -0.1) is 0 Å². The Labute approximate surface area is 229 Å². The van der Waals surface area contributed by atoms with Crippen molar-refractivity contribution in [2.45, 2.75) is 32.9 Å². The number of ether oxygens (including phenoxy) is 1. The van der Waals surface area contributed by atoms with E-state index in [0.717, 1.165) is 22.7 Å². The number of methoxy groups -OCH3 is 1. The van der Waals surface area contributed by atoms with Crippen LogP contribution in [0.1, 0.15) is 55.8 Å². The van der Waals surface area contributed by atoms with Gasteiger partial charge in [-0.25, -0.2) is 0 Å². The molecule has 5 N–H and O–H groups in total. The maximum atomic E-state index is 14.2. The largest absolute Gasteiger partial charge is 0.497 e. The SMILES string of the molecule is CCc1ccccc1N(C(=O)c1snc(C(N)=O)c1N)[C@H](C(=O)NCc1ccc(OC)cc1)c1ccc(C)o1. The first-order valence-electron chi connectivity index (χ1n) is 12.2.